The highest BCUT2D eigenvalue weighted by molar-refractivity contribution is 14.1. The van der Waals surface area contributed by atoms with Gasteiger partial charge in [0.25, 0.3) is 0 Å². The van der Waals surface area contributed by atoms with Crippen molar-refractivity contribution in [3.8, 4) is 33.0 Å². The van der Waals surface area contributed by atoms with Gasteiger partial charge in [-0.15, -0.1) is 22.7 Å². The number of nitrogens with zero attached hydrogens (tertiary/aromatic N) is 3. The van der Waals surface area contributed by atoms with Crippen molar-refractivity contribution in [3.63, 3.8) is 0 Å². The normalized spacial score (nSPS) is 10.9. The quantitative estimate of drug-likeness (QED) is 0.192. The van der Waals surface area contributed by atoms with E-state index in [9.17, 15) is 0 Å². The monoisotopic (exact) mass is 555 g/mol. The van der Waals surface area contributed by atoms with Gasteiger partial charge in [0.1, 0.15) is 17.5 Å². The number of thiophene rings is 1. The molecule has 5 nitrogen and oxygen atoms in total. The summed E-state index contributed by atoms with van der Waals surface area (Å²) < 4.78 is 12.1. The van der Waals surface area contributed by atoms with Crippen molar-refractivity contribution in [1.82, 2.24) is 15.0 Å². The first-order valence-electron chi connectivity index (χ1n) is 8.54. The van der Waals surface area contributed by atoms with Crippen LogP contribution in [0.4, 0.5) is 0 Å². The Bertz CT molecular complexity index is 1120. The fourth-order valence-electron chi connectivity index (χ4n) is 2.54. The van der Waals surface area contributed by atoms with E-state index in [1.165, 1.54) is 16.9 Å². The lowest BCUT2D eigenvalue weighted by atomic mass is 10.2. The number of hydrogen-bond donors (Lipinski definition) is 0. The van der Waals surface area contributed by atoms with Crippen LogP contribution >= 0.6 is 56.9 Å². The van der Waals surface area contributed by atoms with E-state index in [1.807, 2.05) is 30.3 Å². The van der Waals surface area contributed by atoms with Gasteiger partial charge in [-0.25, -0.2) is 9.97 Å². The van der Waals surface area contributed by atoms with Gasteiger partial charge >= 0.3 is 0 Å². The molecule has 0 aliphatic carbocycles. The molecule has 148 valence electrons. The molecule has 0 aliphatic heterocycles. The summed E-state index contributed by atoms with van der Waals surface area (Å²) in [6.45, 7) is 0.391. The molecule has 0 unspecified atom stereocenters. The topological polar surface area (TPSA) is 57.1 Å². The summed E-state index contributed by atoms with van der Waals surface area (Å²) in [5.74, 6) is 1.81. The first kappa shape index (κ1) is 20.5. The highest BCUT2D eigenvalue weighted by Crippen LogP contribution is 2.32. The van der Waals surface area contributed by atoms with Crippen LogP contribution in [-0.4, -0.2) is 22.1 Å². The molecule has 0 bridgehead atoms. The average Bonchev–Trinajstić information content (AvgIpc) is 3.41. The molecule has 29 heavy (non-hydrogen) atoms. The maximum Gasteiger partial charge on any atom is 0.217 e. The molecular weight excluding hydrogens is 541 g/mol. The molecule has 0 spiro atoms. The van der Waals surface area contributed by atoms with Gasteiger partial charge in [-0.2, -0.15) is 4.98 Å². The Morgan fingerprint density at radius 2 is 1.83 bits per heavy atom. The van der Waals surface area contributed by atoms with E-state index < -0.39 is 0 Å². The molecule has 0 fully saturated rings. The van der Waals surface area contributed by atoms with Crippen LogP contribution in [0.2, 0.25) is 5.15 Å². The van der Waals surface area contributed by atoms with E-state index in [1.54, 1.807) is 23.8 Å². The molecule has 9 heteroatoms. The number of aromatic nitrogens is 3. The van der Waals surface area contributed by atoms with Gasteiger partial charge in [-0.1, -0.05) is 46.3 Å². The van der Waals surface area contributed by atoms with Crippen LogP contribution in [-0.2, 0) is 11.0 Å². The highest BCUT2D eigenvalue weighted by Gasteiger charge is 2.14. The molecule has 0 saturated heterocycles. The van der Waals surface area contributed by atoms with Gasteiger partial charge in [0.2, 0.25) is 5.88 Å². The fraction of sp³-hybridized carbons (Fsp3) is 0.150. The molecule has 3 aromatic heterocycles. The smallest absolute Gasteiger partial charge is 0.217 e. The first-order chi connectivity index (χ1) is 14.1. The number of hydrogen-bond acceptors (Lipinski definition) is 7. The van der Waals surface area contributed by atoms with E-state index in [0.29, 0.717) is 28.5 Å². The van der Waals surface area contributed by atoms with Crippen molar-refractivity contribution in [2.24, 2.45) is 0 Å². The third-order valence-corrected chi connectivity index (χ3v) is 7.02. The summed E-state index contributed by atoms with van der Waals surface area (Å²) >= 11 is 11.4. The maximum atomic E-state index is 6.00. The van der Waals surface area contributed by atoms with Crippen LogP contribution in [0.1, 0.15) is 11.1 Å². The number of alkyl halides is 1. The summed E-state index contributed by atoms with van der Waals surface area (Å²) in [5, 5.41) is 5.01. The lowest BCUT2D eigenvalue weighted by Crippen LogP contribution is -2.00. The van der Waals surface area contributed by atoms with E-state index >= 15 is 0 Å². The first-order valence-corrected chi connectivity index (χ1v) is 12.2. The number of halogens is 2. The van der Waals surface area contributed by atoms with Crippen LogP contribution in [0.15, 0.2) is 47.2 Å². The minimum absolute atomic E-state index is 0.391. The molecule has 0 amide bonds. The zero-order valence-corrected chi connectivity index (χ0v) is 19.8. The summed E-state index contributed by atoms with van der Waals surface area (Å²) in [7, 11) is 1.65. The summed E-state index contributed by atoms with van der Waals surface area (Å²) in [4.78, 5) is 14.6. The van der Waals surface area contributed by atoms with Crippen LogP contribution in [0.3, 0.4) is 0 Å². The van der Waals surface area contributed by atoms with Crippen LogP contribution in [0, 0.1) is 0 Å². The van der Waals surface area contributed by atoms with Crippen LogP contribution in [0.25, 0.3) is 21.4 Å². The summed E-state index contributed by atoms with van der Waals surface area (Å²) in [6, 6.07) is 11.8. The molecule has 0 atom stereocenters. The Balaban J connectivity index is 1.64. The second-order valence-electron chi connectivity index (χ2n) is 5.98. The van der Waals surface area contributed by atoms with E-state index in [4.69, 9.17) is 26.1 Å². The zero-order valence-electron chi connectivity index (χ0n) is 15.3. The lowest BCUT2D eigenvalue weighted by Gasteiger charge is -2.09. The minimum Gasteiger partial charge on any atom is -0.497 e. The number of rotatable bonds is 7. The summed E-state index contributed by atoms with van der Waals surface area (Å²) in [5.41, 5.74) is 3.10. The van der Waals surface area contributed by atoms with Crippen molar-refractivity contribution in [1.29, 1.82) is 0 Å². The van der Waals surface area contributed by atoms with Crippen molar-refractivity contribution in [2.75, 3.05) is 7.11 Å². The van der Waals surface area contributed by atoms with Crippen molar-refractivity contribution < 1.29 is 9.47 Å². The third kappa shape index (κ3) is 5.06. The lowest BCUT2D eigenvalue weighted by molar-refractivity contribution is 0.293. The fourth-order valence-corrected chi connectivity index (χ4v) is 5.03. The highest BCUT2D eigenvalue weighted by atomic mass is 127. The number of methoxy groups -OCH3 is 1. The predicted octanol–water partition coefficient (Wildman–Crippen LogP) is 6.50. The average molecular weight is 556 g/mol. The largest absolute Gasteiger partial charge is 0.497 e. The van der Waals surface area contributed by atoms with Gasteiger partial charge in [0.15, 0.2) is 10.8 Å². The van der Waals surface area contributed by atoms with Gasteiger partial charge < -0.3 is 9.47 Å². The van der Waals surface area contributed by atoms with Crippen molar-refractivity contribution >= 4 is 56.9 Å². The van der Waals surface area contributed by atoms with Gasteiger partial charge in [-0.05, 0) is 34.7 Å². The molecule has 0 aliphatic rings. The second-order valence-corrected chi connectivity index (χ2v) is 8.90. The summed E-state index contributed by atoms with van der Waals surface area (Å²) in [6.07, 6.45) is 0. The van der Waals surface area contributed by atoms with E-state index in [0.717, 1.165) is 26.3 Å². The minimum atomic E-state index is 0.391. The third-order valence-electron chi connectivity index (χ3n) is 3.98. The Morgan fingerprint density at radius 3 is 2.48 bits per heavy atom. The number of benzene rings is 1. The van der Waals surface area contributed by atoms with Crippen molar-refractivity contribution in [2.45, 2.75) is 11.0 Å². The Kier molecular flexibility index (Phi) is 6.63. The molecule has 0 saturated carbocycles. The molecule has 0 radical (unpaired) electrons. The molecule has 4 rings (SSSR count). The van der Waals surface area contributed by atoms with Gasteiger partial charge in [-0.3, -0.25) is 0 Å². The van der Waals surface area contributed by atoms with Gasteiger partial charge in [0, 0.05) is 15.9 Å². The van der Waals surface area contributed by atoms with E-state index in [-0.39, 0.29) is 0 Å². The molecular formula is C20H15ClIN3O2S2. The predicted molar refractivity (Wildman–Crippen MR) is 127 cm³/mol. The van der Waals surface area contributed by atoms with Crippen LogP contribution < -0.4 is 9.47 Å². The molecule has 0 N–H and O–H groups in total. The Morgan fingerprint density at radius 1 is 1.00 bits per heavy atom. The SMILES string of the molecule is COc1ccc(COc2cc(-c3cc(CI)cs3)nc(-c3nc(Cl)cs3)n2)cc1. The standard InChI is InChI=1S/C20H15ClIN3O2S2/c1-26-14-4-2-12(3-5-14)9-27-18-7-15(16-6-13(8-22)10-28-16)23-19(25-18)20-24-17(21)11-29-20/h2-7,10-11H,8-9H2,1H3. The number of thiazole rings is 1. The number of ether oxygens (including phenoxy) is 2. The Hall–Kier alpha value is -1.75. The zero-order chi connectivity index (χ0) is 20.2. The van der Waals surface area contributed by atoms with Crippen molar-refractivity contribution in [3.05, 3.63) is 63.4 Å². The van der Waals surface area contributed by atoms with Crippen LogP contribution in [0.5, 0.6) is 11.6 Å². The Labute approximate surface area is 194 Å². The molecule has 1 aromatic carbocycles. The molecule has 3 heterocycles. The molecule has 4 aromatic rings. The van der Waals surface area contributed by atoms with Gasteiger partial charge in [0.05, 0.1) is 17.7 Å². The van der Waals surface area contributed by atoms with E-state index in [2.05, 4.69) is 44.0 Å². The second kappa shape index (κ2) is 9.38. The maximum absolute atomic E-state index is 6.00.